The maximum Gasteiger partial charge on any atom is 0.261 e. The van der Waals surface area contributed by atoms with Gasteiger partial charge in [0.1, 0.15) is 0 Å². The zero-order chi connectivity index (χ0) is 17.4. The first-order valence-corrected chi connectivity index (χ1v) is 8.85. The lowest BCUT2D eigenvalue weighted by Crippen LogP contribution is -2.27. The van der Waals surface area contributed by atoms with Crippen LogP contribution in [0.1, 0.15) is 45.4 Å². The van der Waals surface area contributed by atoms with Gasteiger partial charge in [0.15, 0.2) is 0 Å². The third kappa shape index (κ3) is 5.47. The zero-order valence-corrected chi connectivity index (χ0v) is 14.4. The number of thiophene rings is 1. The van der Waals surface area contributed by atoms with Crippen molar-refractivity contribution in [1.29, 1.82) is 0 Å². The Hall–Kier alpha value is -2.18. The van der Waals surface area contributed by atoms with Gasteiger partial charge in [0.05, 0.1) is 11.0 Å². The van der Waals surface area contributed by atoms with E-state index in [1.165, 1.54) is 11.3 Å². The summed E-state index contributed by atoms with van der Waals surface area (Å²) in [6.45, 7) is 2.77. The molecule has 1 aromatic carbocycles. The summed E-state index contributed by atoms with van der Waals surface area (Å²) in [6, 6.07) is 10.7. The lowest BCUT2D eigenvalue weighted by Gasteiger charge is -2.09. The minimum absolute atomic E-state index is 0.0960. The Morgan fingerprint density at radius 3 is 2.50 bits per heavy atom. The minimum Gasteiger partial charge on any atom is -0.393 e. The first-order chi connectivity index (χ1) is 11.6. The molecule has 5 nitrogen and oxygen atoms in total. The highest BCUT2D eigenvalue weighted by molar-refractivity contribution is 7.12. The number of amides is 2. The van der Waals surface area contributed by atoms with Crippen LogP contribution in [0.4, 0.5) is 0 Å². The molecule has 0 saturated heterocycles. The van der Waals surface area contributed by atoms with E-state index in [0.29, 0.717) is 36.4 Å². The predicted octanol–water partition coefficient (Wildman–Crippen LogP) is 2.57. The Kier molecular flexibility index (Phi) is 6.96. The fraction of sp³-hybridized carbons (Fsp3) is 0.333. The van der Waals surface area contributed by atoms with Crippen LogP contribution in [0.3, 0.4) is 0 Å². The third-order valence-electron chi connectivity index (χ3n) is 3.65. The van der Waals surface area contributed by atoms with Crippen molar-refractivity contribution < 1.29 is 14.7 Å². The number of nitrogens with one attached hydrogen (secondary N) is 2. The van der Waals surface area contributed by atoms with Gasteiger partial charge in [-0.05, 0) is 42.0 Å². The highest BCUT2D eigenvalue weighted by Gasteiger charge is 2.08. The summed E-state index contributed by atoms with van der Waals surface area (Å²) in [5, 5.41) is 17.0. The Balaban J connectivity index is 1.79. The molecule has 128 valence electrons. The zero-order valence-electron chi connectivity index (χ0n) is 13.6. The molecule has 0 saturated carbocycles. The summed E-state index contributed by atoms with van der Waals surface area (Å²) in [6.07, 6.45) is 0.858. The topological polar surface area (TPSA) is 78.4 Å². The summed E-state index contributed by atoms with van der Waals surface area (Å²) in [7, 11) is 0. The van der Waals surface area contributed by atoms with Crippen LogP contribution in [0.2, 0.25) is 0 Å². The van der Waals surface area contributed by atoms with E-state index in [4.69, 9.17) is 0 Å². The number of rotatable bonds is 8. The summed E-state index contributed by atoms with van der Waals surface area (Å²) >= 11 is 1.40. The first kappa shape index (κ1) is 18.2. The number of benzene rings is 1. The van der Waals surface area contributed by atoms with Crippen molar-refractivity contribution in [3.8, 4) is 0 Å². The van der Waals surface area contributed by atoms with Crippen LogP contribution in [-0.2, 0) is 6.54 Å². The molecular weight excluding hydrogens is 324 g/mol. The highest BCUT2D eigenvalue weighted by Crippen LogP contribution is 2.09. The average Bonchev–Trinajstić information content (AvgIpc) is 3.14. The van der Waals surface area contributed by atoms with E-state index in [1.807, 2.05) is 30.5 Å². The lowest BCUT2D eigenvalue weighted by atomic mass is 10.1. The number of carbonyl (C=O) groups excluding carboxylic acids is 2. The van der Waals surface area contributed by atoms with Crippen molar-refractivity contribution in [2.45, 2.75) is 32.4 Å². The van der Waals surface area contributed by atoms with E-state index in [2.05, 4.69) is 10.6 Å². The standard InChI is InChI=1S/C18H22N2O3S/c1-2-15(21)9-10-19-17(22)14-7-5-13(6-8-14)12-20-18(23)16-4-3-11-24-16/h3-8,11,15,21H,2,9-10,12H2,1H3,(H,19,22)(H,20,23). The van der Waals surface area contributed by atoms with Crippen molar-refractivity contribution in [3.63, 3.8) is 0 Å². The second kappa shape index (κ2) is 9.20. The van der Waals surface area contributed by atoms with E-state index >= 15 is 0 Å². The molecule has 2 aromatic rings. The van der Waals surface area contributed by atoms with Gasteiger partial charge in [-0.1, -0.05) is 25.1 Å². The van der Waals surface area contributed by atoms with Crippen LogP contribution < -0.4 is 10.6 Å². The smallest absolute Gasteiger partial charge is 0.261 e. The molecule has 1 aromatic heterocycles. The van der Waals surface area contributed by atoms with Gasteiger partial charge in [0.2, 0.25) is 0 Å². The van der Waals surface area contributed by atoms with E-state index in [1.54, 1.807) is 18.2 Å². The van der Waals surface area contributed by atoms with E-state index in [0.717, 1.165) is 5.56 Å². The molecule has 1 atom stereocenters. The molecule has 0 aliphatic heterocycles. The normalized spacial score (nSPS) is 11.8. The molecule has 1 heterocycles. The summed E-state index contributed by atoms with van der Waals surface area (Å²) < 4.78 is 0. The third-order valence-corrected chi connectivity index (χ3v) is 4.52. The van der Waals surface area contributed by atoms with Gasteiger partial charge in [-0.2, -0.15) is 0 Å². The maximum atomic E-state index is 12.0. The van der Waals surface area contributed by atoms with Crippen LogP contribution in [0.25, 0.3) is 0 Å². The second-order valence-electron chi connectivity index (χ2n) is 5.46. The van der Waals surface area contributed by atoms with Crippen LogP contribution in [0, 0.1) is 0 Å². The van der Waals surface area contributed by atoms with Crippen molar-refractivity contribution in [2.24, 2.45) is 0 Å². The van der Waals surface area contributed by atoms with Crippen molar-refractivity contribution in [3.05, 3.63) is 57.8 Å². The number of hydrogen-bond acceptors (Lipinski definition) is 4. The molecular formula is C18H22N2O3S. The molecule has 2 rings (SSSR count). The minimum atomic E-state index is -0.375. The second-order valence-corrected chi connectivity index (χ2v) is 6.41. The first-order valence-electron chi connectivity index (χ1n) is 7.97. The van der Waals surface area contributed by atoms with Crippen LogP contribution in [-0.4, -0.2) is 29.6 Å². The summed E-state index contributed by atoms with van der Waals surface area (Å²) in [5.41, 5.74) is 1.49. The number of aliphatic hydroxyl groups is 1. The number of hydrogen-bond donors (Lipinski definition) is 3. The highest BCUT2D eigenvalue weighted by atomic mass is 32.1. The van der Waals surface area contributed by atoms with E-state index in [9.17, 15) is 14.7 Å². The molecule has 0 radical (unpaired) electrons. The molecule has 24 heavy (non-hydrogen) atoms. The average molecular weight is 346 g/mol. The molecule has 0 spiro atoms. The van der Waals surface area contributed by atoms with Gasteiger partial charge in [0.25, 0.3) is 11.8 Å². The summed E-state index contributed by atoms with van der Waals surface area (Å²) in [4.78, 5) is 24.5. The SMILES string of the molecule is CCC(O)CCNC(=O)c1ccc(CNC(=O)c2cccs2)cc1. The van der Waals surface area contributed by atoms with Crippen molar-refractivity contribution in [1.82, 2.24) is 10.6 Å². The van der Waals surface area contributed by atoms with Gasteiger partial charge < -0.3 is 15.7 Å². The van der Waals surface area contributed by atoms with Gasteiger partial charge in [-0.25, -0.2) is 0 Å². The molecule has 1 unspecified atom stereocenters. The molecule has 0 fully saturated rings. The molecule has 0 aliphatic rings. The van der Waals surface area contributed by atoms with Crippen LogP contribution in [0.5, 0.6) is 0 Å². The Morgan fingerprint density at radius 2 is 1.88 bits per heavy atom. The van der Waals surface area contributed by atoms with E-state index in [-0.39, 0.29) is 17.9 Å². The lowest BCUT2D eigenvalue weighted by molar-refractivity contribution is 0.0936. The van der Waals surface area contributed by atoms with Gasteiger partial charge in [-0.3, -0.25) is 9.59 Å². The maximum absolute atomic E-state index is 12.0. The van der Waals surface area contributed by atoms with Gasteiger partial charge in [-0.15, -0.1) is 11.3 Å². The molecule has 6 heteroatoms. The quantitative estimate of drug-likeness (QED) is 0.687. The Bertz CT molecular complexity index is 653. The van der Waals surface area contributed by atoms with Crippen LogP contribution in [0.15, 0.2) is 41.8 Å². The number of carbonyl (C=O) groups is 2. The van der Waals surface area contributed by atoms with Crippen LogP contribution >= 0.6 is 11.3 Å². The Labute approximate surface area is 145 Å². The molecule has 3 N–H and O–H groups in total. The predicted molar refractivity (Wildman–Crippen MR) is 95.2 cm³/mol. The number of aliphatic hydroxyl groups excluding tert-OH is 1. The molecule has 2 amide bonds. The van der Waals surface area contributed by atoms with E-state index < -0.39 is 0 Å². The Morgan fingerprint density at radius 1 is 1.12 bits per heavy atom. The fourth-order valence-electron chi connectivity index (χ4n) is 2.11. The van der Waals surface area contributed by atoms with Crippen molar-refractivity contribution >= 4 is 23.2 Å². The largest absolute Gasteiger partial charge is 0.393 e. The fourth-order valence-corrected chi connectivity index (χ4v) is 2.75. The monoisotopic (exact) mass is 346 g/mol. The van der Waals surface area contributed by atoms with Gasteiger partial charge in [0, 0.05) is 18.7 Å². The van der Waals surface area contributed by atoms with Crippen molar-refractivity contribution in [2.75, 3.05) is 6.54 Å². The van der Waals surface area contributed by atoms with Gasteiger partial charge >= 0.3 is 0 Å². The summed E-state index contributed by atoms with van der Waals surface area (Å²) in [5.74, 6) is -0.256. The molecule has 0 aliphatic carbocycles. The molecule has 0 bridgehead atoms.